The van der Waals surface area contributed by atoms with Crippen LogP contribution < -0.4 is 11.1 Å². The van der Waals surface area contributed by atoms with Gasteiger partial charge in [-0.2, -0.15) is 5.10 Å². The number of nitrogens with zero attached hydrogens (tertiary/aromatic N) is 4. The Labute approximate surface area is 157 Å². The van der Waals surface area contributed by atoms with E-state index in [-0.39, 0.29) is 17.9 Å². The molecule has 1 aromatic carbocycles. The number of benzene rings is 1. The van der Waals surface area contributed by atoms with Crippen LogP contribution in [0.2, 0.25) is 0 Å². The minimum Gasteiger partial charge on any atom is -0.368 e. The van der Waals surface area contributed by atoms with Crippen LogP contribution in [0.5, 0.6) is 0 Å². The first-order chi connectivity index (χ1) is 13.0. The molecule has 7 heteroatoms. The number of aromatic nitrogens is 4. The predicted octanol–water partition coefficient (Wildman–Crippen LogP) is 2.88. The molecule has 0 radical (unpaired) electrons. The van der Waals surface area contributed by atoms with Crippen LogP contribution in [-0.4, -0.2) is 25.7 Å². The van der Waals surface area contributed by atoms with E-state index in [1.807, 2.05) is 16.9 Å². The maximum Gasteiger partial charge on any atom is 0.256 e. The van der Waals surface area contributed by atoms with E-state index in [4.69, 9.17) is 5.73 Å². The molecule has 2 aromatic heterocycles. The number of carbonyl (C=O) groups excluding carboxylic acids is 1. The molecule has 0 saturated heterocycles. The monoisotopic (exact) mass is 360 g/mol. The van der Waals surface area contributed by atoms with Crippen molar-refractivity contribution in [3.8, 4) is 11.8 Å². The smallest absolute Gasteiger partial charge is 0.256 e. The highest BCUT2D eigenvalue weighted by molar-refractivity contribution is 6.03. The fraction of sp³-hybridized carbons (Fsp3) is 0.200. The van der Waals surface area contributed by atoms with Gasteiger partial charge >= 0.3 is 0 Å². The fourth-order valence-corrected chi connectivity index (χ4v) is 2.31. The number of amides is 1. The molecule has 0 aliphatic heterocycles. The molecule has 0 bridgehead atoms. The number of nitrogens with two attached hydrogens (primary N) is 1. The van der Waals surface area contributed by atoms with Gasteiger partial charge in [0.15, 0.2) is 5.82 Å². The Morgan fingerprint density at radius 1 is 1.22 bits per heavy atom. The van der Waals surface area contributed by atoms with E-state index in [9.17, 15) is 4.79 Å². The summed E-state index contributed by atoms with van der Waals surface area (Å²) >= 11 is 0. The van der Waals surface area contributed by atoms with Crippen LogP contribution >= 0.6 is 0 Å². The van der Waals surface area contributed by atoms with Gasteiger partial charge in [0.2, 0.25) is 5.95 Å². The lowest BCUT2D eigenvalue weighted by Crippen LogP contribution is -2.13. The van der Waals surface area contributed by atoms with Gasteiger partial charge < -0.3 is 11.1 Å². The normalized spacial score (nSPS) is 11.3. The molecule has 0 aliphatic carbocycles. The van der Waals surface area contributed by atoms with E-state index in [0.29, 0.717) is 22.5 Å². The van der Waals surface area contributed by atoms with Gasteiger partial charge in [-0.3, -0.25) is 9.48 Å². The summed E-state index contributed by atoms with van der Waals surface area (Å²) in [5.74, 6) is 6.44. The number of nitrogens with one attached hydrogen (secondary N) is 1. The molecule has 0 fully saturated rings. The second-order valence-electron chi connectivity index (χ2n) is 6.05. The van der Waals surface area contributed by atoms with Gasteiger partial charge in [-0.1, -0.05) is 24.8 Å². The molecule has 136 valence electrons. The second kappa shape index (κ2) is 8.15. The molecule has 7 nitrogen and oxygen atoms in total. The number of nitrogen functional groups attached to an aromatic ring is 1. The Morgan fingerprint density at radius 2 is 1.96 bits per heavy atom. The summed E-state index contributed by atoms with van der Waals surface area (Å²) < 4.78 is 1.84. The van der Waals surface area contributed by atoms with Gasteiger partial charge in [0, 0.05) is 41.8 Å². The Morgan fingerprint density at radius 3 is 2.70 bits per heavy atom. The quantitative estimate of drug-likeness (QED) is 0.697. The van der Waals surface area contributed by atoms with Crippen molar-refractivity contribution in [2.75, 3.05) is 11.1 Å². The zero-order chi connectivity index (χ0) is 19.2. The largest absolute Gasteiger partial charge is 0.368 e. The molecule has 2 heterocycles. The molecule has 3 rings (SSSR count). The van der Waals surface area contributed by atoms with E-state index in [2.05, 4.69) is 46.1 Å². The van der Waals surface area contributed by atoms with Crippen LogP contribution in [-0.2, 0) is 0 Å². The predicted molar refractivity (Wildman–Crippen MR) is 104 cm³/mol. The minimum atomic E-state index is -0.233. The van der Waals surface area contributed by atoms with Crippen molar-refractivity contribution in [2.45, 2.75) is 26.3 Å². The van der Waals surface area contributed by atoms with Crippen LogP contribution in [0.15, 0.2) is 48.9 Å². The van der Waals surface area contributed by atoms with Crippen molar-refractivity contribution in [3.05, 3.63) is 65.6 Å². The van der Waals surface area contributed by atoms with Crippen molar-refractivity contribution in [1.29, 1.82) is 0 Å². The molecule has 0 saturated carbocycles. The highest BCUT2D eigenvalue weighted by Gasteiger charge is 2.10. The third-order valence-electron chi connectivity index (χ3n) is 4.04. The summed E-state index contributed by atoms with van der Waals surface area (Å²) in [7, 11) is 0. The van der Waals surface area contributed by atoms with Crippen molar-refractivity contribution < 1.29 is 4.79 Å². The van der Waals surface area contributed by atoms with Gasteiger partial charge in [-0.15, -0.1) is 0 Å². The number of hydrogen-bond donors (Lipinski definition) is 2. The van der Waals surface area contributed by atoms with Crippen molar-refractivity contribution in [3.63, 3.8) is 0 Å². The third kappa shape index (κ3) is 4.70. The van der Waals surface area contributed by atoms with Gasteiger partial charge in [0.05, 0.1) is 5.56 Å². The molecule has 1 amide bonds. The second-order valence-corrected chi connectivity index (χ2v) is 6.05. The van der Waals surface area contributed by atoms with E-state index in [1.165, 1.54) is 0 Å². The molecule has 1 unspecified atom stereocenters. The Hall–Kier alpha value is -3.66. The number of carbonyl (C=O) groups is 1. The summed E-state index contributed by atoms with van der Waals surface area (Å²) in [6, 6.07) is 9.15. The molecular weight excluding hydrogens is 340 g/mol. The molecule has 0 spiro atoms. The van der Waals surface area contributed by atoms with E-state index in [0.717, 1.165) is 6.42 Å². The minimum absolute atomic E-state index is 0.204. The van der Waals surface area contributed by atoms with E-state index >= 15 is 0 Å². The molecular formula is C20H20N6O. The van der Waals surface area contributed by atoms with Gasteiger partial charge in [-0.25, -0.2) is 9.97 Å². The van der Waals surface area contributed by atoms with Crippen molar-refractivity contribution in [1.82, 2.24) is 19.7 Å². The maximum atomic E-state index is 12.5. The first-order valence-corrected chi connectivity index (χ1v) is 8.61. The first kappa shape index (κ1) is 18.1. The standard InChI is InChI=1S/C20H20N6O/c1-3-14(2)26-10-9-18(25-26)24-19(27)17-6-4-5-15(11-17)7-8-16-12-22-20(21)23-13-16/h4-6,9-14H,3H2,1-2H3,(H2,21,22,23)(H,24,25,27). The summed E-state index contributed by atoms with van der Waals surface area (Å²) in [5, 5.41) is 7.20. The Balaban J connectivity index is 1.72. The molecule has 3 N–H and O–H groups in total. The lowest BCUT2D eigenvalue weighted by molar-refractivity contribution is 0.102. The highest BCUT2D eigenvalue weighted by Crippen LogP contribution is 2.13. The molecule has 1 atom stereocenters. The zero-order valence-electron chi connectivity index (χ0n) is 15.2. The average molecular weight is 360 g/mol. The average Bonchev–Trinajstić information content (AvgIpc) is 3.15. The summed E-state index contributed by atoms with van der Waals surface area (Å²) in [4.78, 5) is 20.3. The zero-order valence-corrected chi connectivity index (χ0v) is 15.2. The highest BCUT2D eigenvalue weighted by atomic mass is 16.1. The van der Waals surface area contributed by atoms with Crippen LogP contribution in [0, 0.1) is 11.8 Å². The van der Waals surface area contributed by atoms with Crippen molar-refractivity contribution in [2.24, 2.45) is 0 Å². The summed E-state index contributed by atoms with van der Waals surface area (Å²) in [6.45, 7) is 4.17. The SMILES string of the molecule is CCC(C)n1ccc(NC(=O)c2cccc(C#Cc3cnc(N)nc3)c2)n1. The van der Waals surface area contributed by atoms with Crippen LogP contribution in [0.1, 0.15) is 47.8 Å². The number of anilines is 2. The van der Waals surface area contributed by atoms with Gasteiger partial charge in [-0.05, 0) is 31.5 Å². The van der Waals surface area contributed by atoms with Gasteiger partial charge in [0.25, 0.3) is 5.91 Å². The van der Waals surface area contributed by atoms with Crippen LogP contribution in [0.3, 0.4) is 0 Å². The summed E-state index contributed by atoms with van der Waals surface area (Å²) in [6.07, 6.45) is 5.94. The summed E-state index contributed by atoms with van der Waals surface area (Å²) in [5.41, 5.74) is 7.32. The lowest BCUT2D eigenvalue weighted by Gasteiger charge is -2.08. The third-order valence-corrected chi connectivity index (χ3v) is 4.04. The molecule has 3 aromatic rings. The topological polar surface area (TPSA) is 98.7 Å². The van der Waals surface area contributed by atoms with Crippen LogP contribution in [0.25, 0.3) is 0 Å². The number of rotatable bonds is 4. The Kier molecular flexibility index (Phi) is 5.47. The Bertz CT molecular complexity index is 997. The molecule has 27 heavy (non-hydrogen) atoms. The number of hydrogen-bond acceptors (Lipinski definition) is 5. The van der Waals surface area contributed by atoms with E-state index in [1.54, 1.807) is 36.7 Å². The molecule has 0 aliphatic rings. The maximum absolute atomic E-state index is 12.5. The fourth-order valence-electron chi connectivity index (χ4n) is 2.31. The van der Waals surface area contributed by atoms with E-state index < -0.39 is 0 Å². The van der Waals surface area contributed by atoms with Crippen molar-refractivity contribution >= 4 is 17.7 Å². The van der Waals surface area contributed by atoms with Crippen LogP contribution in [0.4, 0.5) is 11.8 Å². The first-order valence-electron chi connectivity index (χ1n) is 8.61. The van der Waals surface area contributed by atoms with Gasteiger partial charge in [0.1, 0.15) is 0 Å². The lowest BCUT2D eigenvalue weighted by atomic mass is 10.1.